The highest BCUT2D eigenvalue weighted by Crippen LogP contribution is 2.36. The number of nitrogens with one attached hydrogen (secondary N) is 2. The summed E-state index contributed by atoms with van der Waals surface area (Å²) in [6.07, 6.45) is 0.230. The van der Waals surface area contributed by atoms with Gasteiger partial charge in [-0.25, -0.2) is 4.99 Å². The van der Waals surface area contributed by atoms with Crippen molar-refractivity contribution in [2.75, 3.05) is 44.9 Å². The number of likely N-dealkylation sites (tertiary alicyclic amines) is 1. The maximum atomic E-state index is 12.6. The standard InChI is InChI=1S/C17H15N3O2.C14H19F3N2O/c1-12-16-9-15(6-7-17(16)18-10-20(12)2)22-14-5-3-4-13(8-14)19-11-21;1-18-12-8-10(14(15,16)17)5-6-13(12)20-9-11-4-3-7-19(11)2/h3-11H,1H2,2H3,(H,19,21);5-6,8,11,18H,3-4,7,9H2,1-2H3/t;11-/m.0/s1. The molecule has 0 bridgehead atoms. The zero-order valence-corrected chi connectivity index (χ0v) is 23.7. The number of likely N-dealkylation sites (N-methyl/N-ethyl adjacent to an activating group) is 1. The summed E-state index contributed by atoms with van der Waals surface area (Å²) in [5, 5.41) is 5.35. The van der Waals surface area contributed by atoms with Crippen molar-refractivity contribution in [1.82, 2.24) is 9.80 Å². The lowest BCUT2D eigenvalue weighted by molar-refractivity contribution is -0.137. The van der Waals surface area contributed by atoms with E-state index in [-0.39, 0.29) is 0 Å². The highest BCUT2D eigenvalue weighted by Gasteiger charge is 2.31. The Morgan fingerprint density at radius 3 is 2.57 bits per heavy atom. The molecule has 0 unspecified atom stereocenters. The molecule has 0 radical (unpaired) electrons. The molecule has 2 N–H and O–H groups in total. The molecule has 2 aliphatic heterocycles. The summed E-state index contributed by atoms with van der Waals surface area (Å²) in [7, 11) is 5.52. The summed E-state index contributed by atoms with van der Waals surface area (Å²) in [6.45, 7) is 5.59. The van der Waals surface area contributed by atoms with Crippen molar-refractivity contribution < 1.29 is 27.4 Å². The molecule has 0 aromatic heterocycles. The molecule has 0 spiro atoms. The average molecular weight is 582 g/mol. The van der Waals surface area contributed by atoms with E-state index in [1.807, 2.05) is 49.3 Å². The third-order valence-corrected chi connectivity index (χ3v) is 7.05. The molecule has 42 heavy (non-hydrogen) atoms. The van der Waals surface area contributed by atoms with Gasteiger partial charge in [-0.2, -0.15) is 13.2 Å². The second-order valence-corrected chi connectivity index (χ2v) is 9.92. The van der Waals surface area contributed by atoms with Crippen LogP contribution in [0.1, 0.15) is 24.0 Å². The van der Waals surface area contributed by atoms with Gasteiger partial charge in [0.15, 0.2) is 0 Å². The highest BCUT2D eigenvalue weighted by atomic mass is 19.4. The summed E-state index contributed by atoms with van der Waals surface area (Å²) < 4.78 is 49.5. The van der Waals surface area contributed by atoms with Crippen molar-refractivity contribution in [1.29, 1.82) is 0 Å². The van der Waals surface area contributed by atoms with E-state index in [1.165, 1.54) is 6.07 Å². The van der Waals surface area contributed by atoms with Gasteiger partial charge in [0.05, 0.1) is 23.3 Å². The molecular formula is C31H34F3N5O3. The molecule has 1 saturated heterocycles. The molecular weight excluding hydrogens is 547 g/mol. The van der Waals surface area contributed by atoms with E-state index in [9.17, 15) is 18.0 Å². The Morgan fingerprint density at radius 2 is 1.88 bits per heavy atom. The van der Waals surface area contributed by atoms with E-state index in [0.29, 0.717) is 47.7 Å². The van der Waals surface area contributed by atoms with Crippen LogP contribution in [-0.2, 0) is 11.0 Å². The third-order valence-electron chi connectivity index (χ3n) is 7.05. The molecule has 8 nitrogen and oxygen atoms in total. The minimum Gasteiger partial charge on any atom is -0.490 e. The van der Waals surface area contributed by atoms with Crippen LogP contribution in [0.2, 0.25) is 0 Å². The lowest BCUT2D eigenvalue weighted by atomic mass is 10.1. The second kappa shape index (κ2) is 13.4. The van der Waals surface area contributed by atoms with Gasteiger partial charge >= 0.3 is 6.18 Å². The first-order chi connectivity index (χ1) is 20.1. The molecule has 0 saturated carbocycles. The molecule has 1 atom stereocenters. The molecule has 3 aromatic carbocycles. The quantitative estimate of drug-likeness (QED) is 0.284. The number of fused-ring (bicyclic) bond motifs is 1. The van der Waals surface area contributed by atoms with Crippen LogP contribution in [0.25, 0.3) is 5.70 Å². The maximum absolute atomic E-state index is 12.6. The predicted molar refractivity (Wildman–Crippen MR) is 160 cm³/mol. The minimum atomic E-state index is -4.34. The second-order valence-electron chi connectivity index (χ2n) is 9.92. The topological polar surface area (TPSA) is 78.4 Å². The smallest absolute Gasteiger partial charge is 0.416 e. The van der Waals surface area contributed by atoms with Gasteiger partial charge in [-0.15, -0.1) is 0 Å². The van der Waals surface area contributed by atoms with Gasteiger partial charge in [0.1, 0.15) is 23.9 Å². The van der Waals surface area contributed by atoms with Crippen LogP contribution in [-0.4, -0.2) is 62.9 Å². The van der Waals surface area contributed by atoms with E-state index >= 15 is 0 Å². The first-order valence-corrected chi connectivity index (χ1v) is 13.4. The molecule has 0 aliphatic carbocycles. The van der Waals surface area contributed by atoms with Crippen LogP contribution in [0.3, 0.4) is 0 Å². The zero-order chi connectivity index (χ0) is 30.3. The fourth-order valence-corrected chi connectivity index (χ4v) is 4.59. The number of hydrogen-bond acceptors (Lipinski definition) is 7. The molecule has 1 amide bonds. The first kappa shape index (κ1) is 30.4. The number of benzene rings is 3. The monoisotopic (exact) mass is 581 g/mol. The number of carbonyl (C=O) groups excluding carboxylic acids is 1. The van der Waals surface area contributed by atoms with E-state index in [1.54, 1.807) is 25.5 Å². The van der Waals surface area contributed by atoms with Gasteiger partial charge in [0.2, 0.25) is 6.41 Å². The van der Waals surface area contributed by atoms with Gasteiger partial charge in [-0.1, -0.05) is 12.6 Å². The van der Waals surface area contributed by atoms with Crippen LogP contribution < -0.4 is 20.1 Å². The Morgan fingerprint density at radius 1 is 1.10 bits per heavy atom. The van der Waals surface area contributed by atoms with Crippen LogP contribution in [0.4, 0.5) is 30.2 Å². The van der Waals surface area contributed by atoms with Gasteiger partial charge in [-0.3, -0.25) is 4.79 Å². The highest BCUT2D eigenvalue weighted by molar-refractivity contribution is 5.86. The van der Waals surface area contributed by atoms with Crippen LogP contribution in [0.15, 0.2) is 72.2 Å². The van der Waals surface area contributed by atoms with Crippen molar-refractivity contribution in [2.45, 2.75) is 25.1 Å². The number of rotatable bonds is 8. The minimum absolute atomic E-state index is 0.335. The van der Waals surface area contributed by atoms with Gasteiger partial charge < -0.3 is 29.9 Å². The number of nitrogens with zero attached hydrogens (tertiary/aromatic N) is 3. The van der Waals surface area contributed by atoms with E-state index < -0.39 is 11.7 Å². The van der Waals surface area contributed by atoms with Crippen molar-refractivity contribution in [3.63, 3.8) is 0 Å². The number of halogens is 3. The fraction of sp³-hybridized carbons (Fsp3) is 0.290. The lowest BCUT2D eigenvalue weighted by Crippen LogP contribution is -2.30. The number of ether oxygens (including phenoxy) is 2. The largest absolute Gasteiger partial charge is 0.490 e. The van der Waals surface area contributed by atoms with Crippen LogP contribution in [0, 0.1) is 0 Å². The maximum Gasteiger partial charge on any atom is 0.416 e. The Balaban J connectivity index is 0.000000194. The number of amides is 1. The molecule has 5 rings (SSSR count). The number of aliphatic imine (C=N–C) groups is 1. The molecule has 2 heterocycles. The van der Waals surface area contributed by atoms with E-state index in [2.05, 4.69) is 27.1 Å². The van der Waals surface area contributed by atoms with Crippen LogP contribution in [0.5, 0.6) is 17.2 Å². The Labute approximate surface area is 243 Å². The number of carbonyl (C=O) groups is 1. The number of anilines is 2. The normalized spacial score (nSPS) is 16.3. The molecule has 2 aliphatic rings. The van der Waals surface area contributed by atoms with Crippen molar-refractivity contribution in [3.8, 4) is 17.2 Å². The fourth-order valence-electron chi connectivity index (χ4n) is 4.59. The van der Waals surface area contributed by atoms with E-state index in [0.717, 1.165) is 48.5 Å². The lowest BCUT2D eigenvalue weighted by Gasteiger charge is -2.22. The third kappa shape index (κ3) is 7.61. The number of hydrogen-bond donors (Lipinski definition) is 2. The molecule has 11 heteroatoms. The zero-order valence-electron chi connectivity index (χ0n) is 23.7. The predicted octanol–water partition coefficient (Wildman–Crippen LogP) is 6.84. The van der Waals surface area contributed by atoms with Gasteiger partial charge in [0.25, 0.3) is 0 Å². The molecule has 1 fully saturated rings. The summed E-state index contributed by atoms with van der Waals surface area (Å²) in [4.78, 5) is 18.9. The average Bonchev–Trinajstić information content (AvgIpc) is 3.38. The van der Waals surface area contributed by atoms with Crippen molar-refractivity contribution in [3.05, 3.63) is 78.4 Å². The number of alkyl halides is 3. The van der Waals surface area contributed by atoms with Crippen molar-refractivity contribution in [2.24, 2.45) is 4.99 Å². The van der Waals surface area contributed by atoms with Gasteiger partial charge in [-0.05, 0) is 75.0 Å². The Kier molecular flexibility index (Phi) is 9.74. The van der Waals surface area contributed by atoms with Crippen LogP contribution >= 0.6 is 0 Å². The van der Waals surface area contributed by atoms with E-state index in [4.69, 9.17) is 9.47 Å². The summed E-state index contributed by atoms with van der Waals surface area (Å²) in [5.74, 6) is 1.79. The summed E-state index contributed by atoms with van der Waals surface area (Å²) >= 11 is 0. The van der Waals surface area contributed by atoms with Gasteiger partial charge in [0, 0.05) is 43.2 Å². The molecule has 3 aromatic rings. The van der Waals surface area contributed by atoms with Crippen molar-refractivity contribution >= 4 is 35.5 Å². The summed E-state index contributed by atoms with van der Waals surface area (Å²) in [5.41, 5.74) is 3.04. The Bertz CT molecular complexity index is 1440. The molecule has 222 valence electrons. The Hall–Kier alpha value is -4.51. The summed E-state index contributed by atoms with van der Waals surface area (Å²) in [6, 6.07) is 16.7. The first-order valence-electron chi connectivity index (χ1n) is 13.4. The SMILES string of the molecule is C=C1c2cc(Oc3cccc(NC=O)c3)ccc2N=CN1C.CNc1cc(C(F)(F)F)ccc1OC[C@@H]1CCCN1C.